The van der Waals surface area contributed by atoms with Crippen molar-refractivity contribution in [2.45, 2.75) is 0 Å². The van der Waals surface area contributed by atoms with Gasteiger partial charge in [0.2, 0.25) is 0 Å². The maximum absolute atomic E-state index is 12.3. The lowest BCUT2D eigenvalue weighted by atomic mass is 10.2. The number of aromatic amines is 1. The molecule has 0 unspecified atom stereocenters. The molecule has 2 heterocycles. The molecule has 0 saturated heterocycles. The number of aliphatic hydroxyl groups is 1. The number of anilines is 2. The molecule has 0 saturated carbocycles. The molecule has 0 spiro atoms. The molecule has 0 atom stereocenters. The summed E-state index contributed by atoms with van der Waals surface area (Å²) >= 11 is 0. The van der Waals surface area contributed by atoms with E-state index in [-0.39, 0.29) is 18.2 Å². The Morgan fingerprint density at radius 2 is 2.12 bits per heavy atom. The minimum Gasteiger partial charge on any atom is -0.463 e. The SMILES string of the molecule is CN(CCO)c1ccc(NC(=O)c2cc(-c3ccco3)[nH]n2)cc1. The lowest BCUT2D eigenvalue weighted by Gasteiger charge is -2.18. The fourth-order valence-electron chi connectivity index (χ4n) is 2.27. The van der Waals surface area contributed by atoms with E-state index in [9.17, 15) is 4.79 Å². The monoisotopic (exact) mass is 326 g/mol. The Labute approximate surface area is 138 Å². The summed E-state index contributed by atoms with van der Waals surface area (Å²) in [5.41, 5.74) is 2.56. The van der Waals surface area contributed by atoms with Gasteiger partial charge in [-0.25, -0.2) is 0 Å². The Morgan fingerprint density at radius 3 is 2.79 bits per heavy atom. The highest BCUT2D eigenvalue weighted by atomic mass is 16.3. The van der Waals surface area contributed by atoms with Gasteiger partial charge in [0.15, 0.2) is 11.5 Å². The second-order valence-electron chi connectivity index (χ2n) is 5.29. The number of furan rings is 1. The highest BCUT2D eigenvalue weighted by Crippen LogP contribution is 2.20. The van der Waals surface area contributed by atoms with E-state index >= 15 is 0 Å². The van der Waals surface area contributed by atoms with Gasteiger partial charge in [0.25, 0.3) is 5.91 Å². The molecule has 7 nitrogen and oxygen atoms in total. The number of H-pyrrole nitrogens is 1. The molecule has 3 rings (SSSR count). The minimum absolute atomic E-state index is 0.0894. The van der Waals surface area contributed by atoms with Crippen molar-refractivity contribution in [3.8, 4) is 11.5 Å². The van der Waals surface area contributed by atoms with Gasteiger partial charge >= 0.3 is 0 Å². The van der Waals surface area contributed by atoms with E-state index in [0.717, 1.165) is 5.69 Å². The summed E-state index contributed by atoms with van der Waals surface area (Å²) < 4.78 is 5.26. The number of amides is 1. The molecule has 0 bridgehead atoms. The zero-order valence-corrected chi connectivity index (χ0v) is 13.2. The average Bonchev–Trinajstić information content (AvgIpc) is 3.27. The molecule has 0 aliphatic heterocycles. The van der Waals surface area contributed by atoms with Gasteiger partial charge in [-0.05, 0) is 36.4 Å². The summed E-state index contributed by atoms with van der Waals surface area (Å²) in [5, 5.41) is 18.5. The van der Waals surface area contributed by atoms with Crippen LogP contribution in [0.15, 0.2) is 53.1 Å². The number of hydrogen-bond donors (Lipinski definition) is 3. The van der Waals surface area contributed by atoms with E-state index in [1.54, 1.807) is 36.6 Å². The molecule has 124 valence electrons. The Balaban J connectivity index is 1.66. The summed E-state index contributed by atoms with van der Waals surface area (Å²) in [6.07, 6.45) is 1.56. The number of benzene rings is 1. The Bertz CT molecular complexity index is 794. The van der Waals surface area contributed by atoms with E-state index in [2.05, 4.69) is 15.5 Å². The smallest absolute Gasteiger partial charge is 0.276 e. The largest absolute Gasteiger partial charge is 0.463 e. The Morgan fingerprint density at radius 1 is 1.33 bits per heavy atom. The van der Waals surface area contributed by atoms with Crippen LogP contribution in [0.25, 0.3) is 11.5 Å². The van der Waals surface area contributed by atoms with Crippen molar-refractivity contribution >= 4 is 17.3 Å². The van der Waals surface area contributed by atoms with Crippen LogP contribution in [0, 0.1) is 0 Å². The maximum Gasteiger partial charge on any atom is 0.276 e. The number of aromatic nitrogens is 2. The lowest BCUT2D eigenvalue weighted by molar-refractivity contribution is 0.102. The number of likely N-dealkylation sites (N-methyl/N-ethyl adjacent to an activating group) is 1. The second kappa shape index (κ2) is 7.01. The maximum atomic E-state index is 12.3. The predicted molar refractivity (Wildman–Crippen MR) is 91.0 cm³/mol. The van der Waals surface area contributed by atoms with E-state index in [1.165, 1.54) is 0 Å². The highest BCUT2D eigenvalue weighted by Gasteiger charge is 2.13. The molecule has 3 N–H and O–H groups in total. The molecule has 0 fully saturated rings. The van der Waals surface area contributed by atoms with Gasteiger partial charge in [-0.15, -0.1) is 0 Å². The van der Waals surface area contributed by atoms with E-state index in [0.29, 0.717) is 23.7 Å². The van der Waals surface area contributed by atoms with Crippen molar-refractivity contribution in [2.75, 3.05) is 30.4 Å². The van der Waals surface area contributed by atoms with Crippen molar-refractivity contribution < 1.29 is 14.3 Å². The van der Waals surface area contributed by atoms with Crippen LogP contribution in [0.2, 0.25) is 0 Å². The molecule has 0 aliphatic rings. The van der Waals surface area contributed by atoms with Gasteiger partial charge in [0.05, 0.1) is 12.9 Å². The first-order chi connectivity index (χ1) is 11.7. The fourth-order valence-corrected chi connectivity index (χ4v) is 2.27. The molecule has 1 amide bonds. The van der Waals surface area contributed by atoms with Gasteiger partial charge in [0, 0.05) is 31.0 Å². The molecular formula is C17H18N4O3. The molecule has 0 radical (unpaired) electrons. The topological polar surface area (TPSA) is 94.4 Å². The molecule has 2 aromatic heterocycles. The fraction of sp³-hybridized carbons (Fsp3) is 0.176. The van der Waals surface area contributed by atoms with E-state index < -0.39 is 0 Å². The van der Waals surface area contributed by atoms with Crippen LogP contribution in [0.5, 0.6) is 0 Å². The standard InChI is InChI=1S/C17H18N4O3/c1-21(8-9-22)13-6-4-12(5-7-13)18-17(23)15-11-14(19-20-15)16-3-2-10-24-16/h2-7,10-11,22H,8-9H2,1H3,(H,18,23)(H,19,20). The van der Waals surface area contributed by atoms with Crippen LogP contribution in [0.3, 0.4) is 0 Å². The summed E-state index contributed by atoms with van der Waals surface area (Å²) in [7, 11) is 1.89. The summed E-state index contributed by atoms with van der Waals surface area (Å²) in [4.78, 5) is 14.2. The molecule has 1 aromatic carbocycles. The predicted octanol–water partition coefficient (Wildman–Crippen LogP) is 2.35. The van der Waals surface area contributed by atoms with Crippen molar-refractivity contribution in [3.05, 3.63) is 54.4 Å². The molecule has 24 heavy (non-hydrogen) atoms. The number of nitrogens with zero attached hydrogens (tertiary/aromatic N) is 2. The second-order valence-corrected chi connectivity index (χ2v) is 5.29. The van der Waals surface area contributed by atoms with Crippen LogP contribution in [-0.2, 0) is 0 Å². The third kappa shape index (κ3) is 3.47. The third-order valence-electron chi connectivity index (χ3n) is 3.60. The van der Waals surface area contributed by atoms with Crippen LogP contribution >= 0.6 is 0 Å². The number of rotatable bonds is 6. The number of carbonyl (C=O) groups is 1. The highest BCUT2D eigenvalue weighted by molar-refractivity contribution is 6.03. The van der Waals surface area contributed by atoms with E-state index in [4.69, 9.17) is 9.52 Å². The van der Waals surface area contributed by atoms with Crippen molar-refractivity contribution in [3.63, 3.8) is 0 Å². The van der Waals surface area contributed by atoms with Gasteiger partial charge in [-0.3, -0.25) is 9.89 Å². The van der Waals surface area contributed by atoms with Crippen LogP contribution in [0.1, 0.15) is 10.5 Å². The zero-order valence-electron chi connectivity index (χ0n) is 13.2. The van der Waals surface area contributed by atoms with Gasteiger partial charge < -0.3 is 19.7 Å². The number of nitrogens with one attached hydrogen (secondary N) is 2. The molecular weight excluding hydrogens is 308 g/mol. The molecule has 3 aromatic rings. The van der Waals surface area contributed by atoms with Crippen LogP contribution < -0.4 is 10.2 Å². The third-order valence-corrected chi connectivity index (χ3v) is 3.60. The Kier molecular flexibility index (Phi) is 4.62. The first-order valence-corrected chi connectivity index (χ1v) is 7.50. The van der Waals surface area contributed by atoms with Crippen molar-refractivity contribution in [1.29, 1.82) is 0 Å². The quantitative estimate of drug-likeness (QED) is 0.646. The minimum atomic E-state index is -0.305. The van der Waals surface area contributed by atoms with Crippen molar-refractivity contribution in [1.82, 2.24) is 10.2 Å². The summed E-state index contributed by atoms with van der Waals surface area (Å²) in [6.45, 7) is 0.640. The van der Waals surface area contributed by atoms with E-state index in [1.807, 2.05) is 24.1 Å². The normalized spacial score (nSPS) is 10.6. The first kappa shape index (κ1) is 15.8. The first-order valence-electron chi connectivity index (χ1n) is 7.50. The summed E-state index contributed by atoms with van der Waals surface area (Å²) in [5.74, 6) is 0.318. The molecule has 0 aliphatic carbocycles. The zero-order chi connectivity index (χ0) is 16.9. The van der Waals surface area contributed by atoms with Gasteiger partial charge in [-0.1, -0.05) is 0 Å². The average molecular weight is 326 g/mol. The lowest BCUT2D eigenvalue weighted by Crippen LogP contribution is -2.21. The molecule has 7 heteroatoms. The van der Waals surface area contributed by atoms with Crippen molar-refractivity contribution in [2.24, 2.45) is 0 Å². The number of carbonyl (C=O) groups excluding carboxylic acids is 1. The number of hydrogen-bond acceptors (Lipinski definition) is 5. The van der Waals surface area contributed by atoms with Crippen LogP contribution in [-0.4, -0.2) is 41.4 Å². The number of aliphatic hydroxyl groups excluding tert-OH is 1. The summed E-state index contributed by atoms with van der Waals surface area (Å²) in [6, 6.07) is 12.6. The van der Waals surface area contributed by atoms with Crippen LogP contribution in [0.4, 0.5) is 11.4 Å². The van der Waals surface area contributed by atoms with Gasteiger partial charge in [-0.2, -0.15) is 5.10 Å². The Hall–Kier alpha value is -3.06. The van der Waals surface area contributed by atoms with Gasteiger partial charge in [0.1, 0.15) is 5.69 Å².